The number of aliphatic hydroxyl groups excluding tert-OH is 1. The van der Waals surface area contributed by atoms with Gasteiger partial charge < -0.3 is 33.8 Å². The normalized spacial score (nSPS) is 14.4. The van der Waals surface area contributed by atoms with Crippen LogP contribution in [0.4, 0.5) is 0 Å². The van der Waals surface area contributed by atoms with E-state index in [2.05, 4.69) is 48.5 Å². The summed E-state index contributed by atoms with van der Waals surface area (Å²) in [5.74, 6) is 0.301. The minimum atomic E-state index is -4.96. The maximum Gasteiger partial charge on any atom is 0.472 e. The quantitative estimate of drug-likeness (QED) is 0.0222. The average molecular weight is 1510 g/mol. The van der Waals surface area contributed by atoms with Crippen molar-refractivity contribution in [2.75, 3.05) is 39.6 Å². The van der Waals surface area contributed by atoms with E-state index >= 15 is 0 Å². The van der Waals surface area contributed by atoms with Gasteiger partial charge in [0.25, 0.3) is 0 Å². The highest BCUT2D eigenvalue weighted by atomic mass is 31.2. The molecule has 0 aliphatic heterocycles. The Morgan fingerprint density at radius 3 is 0.738 bits per heavy atom. The summed E-state index contributed by atoms with van der Waals surface area (Å²) in [5, 5.41) is 10.7. The van der Waals surface area contributed by atoms with Gasteiger partial charge in [-0.25, -0.2) is 9.13 Å². The number of esters is 4. The zero-order valence-electron chi connectivity index (χ0n) is 67.8. The van der Waals surface area contributed by atoms with Gasteiger partial charge in [0.2, 0.25) is 0 Å². The van der Waals surface area contributed by atoms with Gasteiger partial charge in [-0.2, -0.15) is 0 Å². The third-order valence-corrected chi connectivity index (χ3v) is 22.3. The van der Waals surface area contributed by atoms with Crippen molar-refractivity contribution in [1.29, 1.82) is 0 Å². The number of hydrogen-bond donors (Lipinski definition) is 3. The Balaban J connectivity index is 5.22. The zero-order chi connectivity index (χ0) is 75.8. The summed E-state index contributed by atoms with van der Waals surface area (Å²) in [5.41, 5.74) is 0. The summed E-state index contributed by atoms with van der Waals surface area (Å²) < 4.78 is 68.8. The average Bonchev–Trinajstić information content (AvgIpc) is 0.933. The Morgan fingerprint density at radius 2 is 0.495 bits per heavy atom. The van der Waals surface area contributed by atoms with Gasteiger partial charge in [0, 0.05) is 25.7 Å². The van der Waals surface area contributed by atoms with E-state index < -0.39 is 97.5 Å². The molecule has 4 unspecified atom stereocenters. The van der Waals surface area contributed by atoms with E-state index in [0.29, 0.717) is 25.7 Å². The molecule has 17 nitrogen and oxygen atoms in total. The van der Waals surface area contributed by atoms with Crippen LogP contribution in [0.2, 0.25) is 0 Å². The highest BCUT2D eigenvalue weighted by molar-refractivity contribution is 7.47. The monoisotopic (exact) mass is 1510 g/mol. The van der Waals surface area contributed by atoms with Crippen LogP contribution in [0.5, 0.6) is 0 Å². The van der Waals surface area contributed by atoms with Crippen molar-refractivity contribution in [3.05, 3.63) is 0 Å². The lowest BCUT2D eigenvalue weighted by Gasteiger charge is -2.21. The zero-order valence-corrected chi connectivity index (χ0v) is 69.6. The molecule has 0 aromatic carbocycles. The number of unbranched alkanes of at least 4 members (excludes halogenated alkanes) is 48. The van der Waals surface area contributed by atoms with Crippen LogP contribution in [0.1, 0.15) is 440 Å². The molecular formula is C84H164O17P2. The molecule has 612 valence electrons. The largest absolute Gasteiger partial charge is 0.472 e. The molecule has 0 spiro atoms. The number of phosphoric acid groups is 2. The van der Waals surface area contributed by atoms with Gasteiger partial charge in [0.05, 0.1) is 26.4 Å². The predicted molar refractivity (Wildman–Crippen MR) is 423 cm³/mol. The molecule has 0 aliphatic carbocycles. The van der Waals surface area contributed by atoms with E-state index in [-0.39, 0.29) is 25.7 Å². The molecule has 0 fully saturated rings. The van der Waals surface area contributed by atoms with Gasteiger partial charge in [-0.1, -0.05) is 389 Å². The van der Waals surface area contributed by atoms with E-state index in [1.807, 2.05) is 0 Å². The minimum Gasteiger partial charge on any atom is -0.462 e. The molecule has 3 N–H and O–H groups in total. The fraction of sp³-hybridized carbons (Fsp3) is 0.952. The van der Waals surface area contributed by atoms with Crippen molar-refractivity contribution in [2.24, 2.45) is 17.8 Å². The fourth-order valence-corrected chi connectivity index (χ4v) is 14.5. The third-order valence-electron chi connectivity index (χ3n) is 20.4. The van der Waals surface area contributed by atoms with Gasteiger partial charge in [-0.15, -0.1) is 0 Å². The molecule has 0 aromatic heterocycles. The Bertz CT molecular complexity index is 2000. The first-order valence-corrected chi connectivity index (χ1v) is 46.4. The number of aliphatic hydroxyl groups is 1. The van der Waals surface area contributed by atoms with Crippen molar-refractivity contribution in [3.63, 3.8) is 0 Å². The summed E-state index contributed by atoms with van der Waals surface area (Å²) in [7, 11) is -9.92. The number of hydrogen-bond acceptors (Lipinski definition) is 15. The SMILES string of the molecule is CCCCCCCCCCCCCCCC(=O)O[C@H](COC(=O)CCCCCCCCC(C)CC)COP(=O)(O)OC[C@H](O)COP(=O)(O)OC[C@@H](COC(=O)CCCCCCCCCCCCCCCCCC(C)C)OC(=O)CCCCCCCCCCCCCCCCCCCCC(C)CC. The molecule has 103 heavy (non-hydrogen) atoms. The molecule has 0 amide bonds. The lowest BCUT2D eigenvalue weighted by molar-refractivity contribution is -0.161. The van der Waals surface area contributed by atoms with Gasteiger partial charge in [-0.3, -0.25) is 37.3 Å². The minimum absolute atomic E-state index is 0.107. The maximum atomic E-state index is 13.1. The van der Waals surface area contributed by atoms with Crippen LogP contribution in [0.25, 0.3) is 0 Å². The lowest BCUT2D eigenvalue weighted by atomic mass is 9.99. The number of ether oxygens (including phenoxy) is 4. The van der Waals surface area contributed by atoms with Crippen LogP contribution in [-0.2, 0) is 65.4 Å². The summed E-state index contributed by atoms with van der Waals surface area (Å²) in [6.07, 6.45) is 63.8. The van der Waals surface area contributed by atoms with E-state index in [1.165, 1.54) is 244 Å². The highest BCUT2D eigenvalue weighted by Crippen LogP contribution is 2.45. The Morgan fingerprint density at radius 1 is 0.282 bits per heavy atom. The number of carbonyl (C=O) groups excluding carboxylic acids is 4. The Kier molecular flexibility index (Phi) is 72.8. The second-order valence-electron chi connectivity index (χ2n) is 31.2. The number of phosphoric ester groups is 2. The third kappa shape index (κ3) is 75.3. The number of rotatable bonds is 82. The Hall–Kier alpha value is -1.94. The van der Waals surface area contributed by atoms with Gasteiger partial charge in [0.15, 0.2) is 12.2 Å². The summed E-state index contributed by atoms with van der Waals surface area (Å²) in [6.45, 7) is 12.0. The summed E-state index contributed by atoms with van der Waals surface area (Å²) in [6, 6.07) is 0. The smallest absolute Gasteiger partial charge is 0.462 e. The summed E-state index contributed by atoms with van der Waals surface area (Å²) in [4.78, 5) is 73.1. The fourth-order valence-electron chi connectivity index (χ4n) is 13.0. The van der Waals surface area contributed by atoms with Crippen LogP contribution in [-0.4, -0.2) is 96.7 Å². The predicted octanol–water partition coefficient (Wildman–Crippen LogP) is 25.3. The first kappa shape index (κ1) is 101. The second-order valence-corrected chi connectivity index (χ2v) is 34.1. The first-order valence-electron chi connectivity index (χ1n) is 43.4. The van der Waals surface area contributed by atoms with Gasteiger partial charge >= 0.3 is 39.5 Å². The van der Waals surface area contributed by atoms with E-state index in [9.17, 15) is 43.2 Å². The molecule has 0 heterocycles. The molecule has 0 saturated heterocycles. The topological polar surface area (TPSA) is 237 Å². The molecule has 0 saturated carbocycles. The first-order chi connectivity index (χ1) is 49.8. The molecular weight excluding hydrogens is 1340 g/mol. The standard InChI is InChI=1S/C84H164O17P2/c1-8-11-12-13-14-15-16-26-34-39-44-53-60-67-84(89)101-80(72-95-82(87)66-59-52-47-46-50-57-64-77(7)10-3)74-99-103(92,93)97-70-78(85)69-96-102(90,91)98-73-79(71-94-81(86)65-58-51-43-38-33-29-25-21-22-27-31-36-41-48-55-62-75(4)5)100-83(88)68-61-54-45-40-35-30-24-20-18-17-19-23-28-32-37-42-49-56-63-76(6)9-2/h75-80,85H,8-74H2,1-7H3,(H,90,91)(H,92,93)/t76?,77?,78-,79-,80-/m1/s1. The summed E-state index contributed by atoms with van der Waals surface area (Å²) >= 11 is 0. The molecule has 0 aliphatic rings. The van der Waals surface area contributed by atoms with Crippen LogP contribution in [0, 0.1) is 17.8 Å². The molecule has 0 aromatic rings. The molecule has 7 atom stereocenters. The van der Waals surface area contributed by atoms with E-state index in [1.54, 1.807) is 0 Å². The van der Waals surface area contributed by atoms with Crippen molar-refractivity contribution in [3.8, 4) is 0 Å². The molecule has 19 heteroatoms. The van der Waals surface area contributed by atoms with Crippen LogP contribution >= 0.6 is 15.6 Å². The molecule has 0 radical (unpaired) electrons. The Labute approximate surface area is 632 Å². The lowest BCUT2D eigenvalue weighted by Crippen LogP contribution is -2.30. The van der Waals surface area contributed by atoms with Crippen LogP contribution in [0.3, 0.4) is 0 Å². The van der Waals surface area contributed by atoms with Crippen LogP contribution in [0.15, 0.2) is 0 Å². The van der Waals surface area contributed by atoms with Crippen molar-refractivity contribution < 1.29 is 80.2 Å². The van der Waals surface area contributed by atoms with Crippen molar-refractivity contribution in [1.82, 2.24) is 0 Å². The van der Waals surface area contributed by atoms with Gasteiger partial charge in [0.1, 0.15) is 19.3 Å². The second kappa shape index (κ2) is 74.2. The van der Waals surface area contributed by atoms with Gasteiger partial charge in [-0.05, 0) is 43.4 Å². The maximum absolute atomic E-state index is 13.1. The van der Waals surface area contributed by atoms with Crippen LogP contribution < -0.4 is 0 Å². The molecule has 0 rings (SSSR count). The van der Waals surface area contributed by atoms with E-state index in [4.69, 9.17) is 37.0 Å². The molecule has 0 bridgehead atoms. The van der Waals surface area contributed by atoms with Crippen molar-refractivity contribution >= 4 is 39.5 Å². The number of carbonyl (C=O) groups is 4. The van der Waals surface area contributed by atoms with Crippen molar-refractivity contribution in [2.45, 2.75) is 458 Å². The highest BCUT2D eigenvalue weighted by Gasteiger charge is 2.30. The van der Waals surface area contributed by atoms with E-state index in [0.717, 1.165) is 114 Å².